The number of aryl methyl sites for hydroxylation is 1. The van der Waals surface area contributed by atoms with E-state index in [1.165, 1.54) is 12.1 Å². The molecule has 2 aromatic carbocycles. The van der Waals surface area contributed by atoms with Crippen molar-refractivity contribution < 1.29 is 9.18 Å². The van der Waals surface area contributed by atoms with Crippen molar-refractivity contribution in [2.24, 2.45) is 0 Å². The minimum atomic E-state index is -0.361. The number of benzene rings is 2. The van der Waals surface area contributed by atoms with E-state index in [1.807, 2.05) is 25.1 Å². The van der Waals surface area contributed by atoms with E-state index in [4.69, 9.17) is 11.6 Å². The van der Waals surface area contributed by atoms with Crippen LogP contribution in [0.5, 0.6) is 0 Å². The van der Waals surface area contributed by atoms with Gasteiger partial charge >= 0.3 is 0 Å². The fourth-order valence-electron chi connectivity index (χ4n) is 2.40. The van der Waals surface area contributed by atoms with Crippen LogP contribution in [0.2, 0.25) is 5.02 Å². The molecule has 0 fully saturated rings. The van der Waals surface area contributed by atoms with Crippen molar-refractivity contribution in [1.82, 2.24) is 4.98 Å². The first kappa shape index (κ1) is 17.9. The van der Waals surface area contributed by atoms with Crippen molar-refractivity contribution >= 4 is 34.7 Å². The van der Waals surface area contributed by atoms with Gasteiger partial charge in [-0.15, -0.1) is 0 Å². The van der Waals surface area contributed by atoms with Gasteiger partial charge in [-0.1, -0.05) is 29.8 Å². The van der Waals surface area contributed by atoms with Crippen molar-refractivity contribution in [3.05, 3.63) is 82.8 Å². The quantitative estimate of drug-likeness (QED) is 0.657. The van der Waals surface area contributed by atoms with Crippen molar-refractivity contribution in [1.29, 1.82) is 0 Å². The SMILES string of the molecule is Cc1ccc(Nc2ccc(NC(=O)Cc3cccc(F)c3)nc2)cc1Cl. The Morgan fingerprint density at radius 3 is 2.62 bits per heavy atom. The monoisotopic (exact) mass is 369 g/mol. The molecule has 3 aromatic rings. The fourth-order valence-corrected chi connectivity index (χ4v) is 2.58. The highest BCUT2D eigenvalue weighted by atomic mass is 35.5. The van der Waals surface area contributed by atoms with Crippen LogP contribution in [0.1, 0.15) is 11.1 Å². The summed E-state index contributed by atoms with van der Waals surface area (Å²) >= 11 is 6.11. The van der Waals surface area contributed by atoms with E-state index in [-0.39, 0.29) is 18.1 Å². The van der Waals surface area contributed by atoms with Crippen molar-refractivity contribution in [2.45, 2.75) is 13.3 Å². The average Bonchev–Trinajstić information content (AvgIpc) is 2.60. The summed E-state index contributed by atoms with van der Waals surface area (Å²) in [5, 5.41) is 6.58. The van der Waals surface area contributed by atoms with Gasteiger partial charge in [-0.2, -0.15) is 0 Å². The molecule has 1 amide bonds. The lowest BCUT2D eigenvalue weighted by Gasteiger charge is -2.09. The second-order valence-electron chi connectivity index (χ2n) is 5.88. The Bertz CT molecular complexity index is 929. The van der Waals surface area contributed by atoms with Gasteiger partial charge in [-0.25, -0.2) is 9.37 Å². The van der Waals surface area contributed by atoms with E-state index in [1.54, 1.807) is 30.5 Å². The third-order valence-electron chi connectivity index (χ3n) is 3.75. The zero-order valence-corrected chi connectivity index (χ0v) is 14.8. The number of carbonyl (C=O) groups is 1. The molecular formula is C20H17ClFN3O. The first-order valence-corrected chi connectivity index (χ1v) is 8.41. The number of halogens is 2. The number of anilines is 3. The van der Waals surface area contributed by atoms with E-state index in [2.05, 4.69) is 15.6 Å². The molecule has 0 saturated heterocycles. The Morgan fingerprint density at radius 2 is 1.92 bits per heavy atom. The van der Waals surface area contributed by atoms with Crippen LogP contribution in [-0.4, -0.2) is 10.9 Å². The molecule has 1 heterocycles. The van der Waals surface area contributed by atoms with Crippen LogP contribution in [0.3, 0.4) is 0 Å². The first-order valence-electron chi connectivity index (χ1n) is 8.03. The predicted molar refractivity (Wildman–Crippen MR) is 102 cm³/mol. The summed E-state index contributed by atoms with van der Waals surface area (Å²) in [4.78, 5) is 16.2. The Labute approximate surface area is 156 Å². The number of nitrogens with zero attached hydrogens (tertiary/aromatic N) is 1. The summed E-state index contributed by atoms with van der Waals surface area (Å²) in [6.45, 7) is 1.94. The number of carbonyl (C=O) groups excluding carboxylic acids is 1. The molecule has 6 heteroatoms. The smallest absolute Gasteiger partial charge is 0.229 e. The van der Waals surface area contributed by atoms with Gasteiger partial charge in [0.25, 0.3) is 0 Å². The minimum absolute atomic E-state index is 0.0846. The first-order chi connectivity index (χ1) is 12.5. The molecule has 0 unspecified atom stereocenters. The van der Waals surface area contributed by atoms with Crippen LogP contribution in [0, 0.1) is 12.7 Å². The van der Waals surface area contributed by atoms with Crippen LogP contribution in [-0.2, 0) is 11.2 Å². The summed E-state index contributed by atoms with van der Waals surface area (Å²) in [6.07, 6.45) is 1.70. The highest BCUT2D eigenvalue weighted by Crippen LogP contribution is 2.23. The zero-order chi connectivity index (χ0) is 18.5. The van der Waals surface area contributed by atoms with Crippen molar-refractivity contribution in [3.8, 4) is 0 Å². The number of hydrogen-bond acceptors (Lipinski definition) is 3. The van der Waals surface area contributed by atoms with Gasteiger partial charge in [-0.3, -0.25) is 4.79 Å². The topological polar surface area (TPSA) is 54.0 Å². The molecule has 0 saturated carbocycles. The largest absolute Gasteiger partial charge is 0.354 e. The standard InChI is InChI=1S/C20H17ClFN3O/c1-13-5-6-16(11-18(13)21)24-17-7-8-19(23-12-17)25-20(26)10-14-3-2-4-15(22)9-14/h2-9,11-12,24H,10H2,1H3,(H,23,25,26). The number of pyridine rings is 1. The molecule has 0 aliphatic heterocycles. The number of hydrogen-bond donors (Lipinski definition) is 2. The van der Waals surface area contributed by atoms with Crippen LogP contribution in [0.25, 0.3) is 0 Å². The maximum atomic E-state index is 13.2. The van der Waals surface area contributed by atoms with Crippen LogP contribution in [0.15, 0.2) is 60.8 Å². The van der Waals surface area contributed by atoms with E-state index in [0.29, 0.717) is 16.4 Å². The molecular weight excluding hydrogens is 353 g/mol. The molecule has 0 bridgehead atoms. The van der Waals surface area contributed by atoms with E-state index >= 15 is 0 Å². The number of nitrogens with one attached hydrogen (secondary N) is 2. The third kappa shape index (κ3) is 4.80. The lowest BCUT2D eigenvalue weighted by Crippen LogP contribution is -2.15. The number of amides is 1. The molecule has 0 aliphatic rings. The molecule has 132 valence electrons. The average molecular weight is 370 g/mol. The molecule has 0 atom stereocenters. The van der Waals surface area contributed by atoms with Gasteiger partial charge in [0.15, 0.2) is 0 Å². The predicted octanol–water partition coefficient (Wildman–Crippen LogP) is 5.11. The normalized spacial score (nSPS) is 10.4. The Morgan fingerprint density at radius 1 is 1.12 bits per heavy atom. The van der Waals surface area contributed by atoms with Gasteiger partial charge in [0.05, 0.1) is 18.3 Å². The molecule has 0 spiro atoms. The molecule has 2 N–H and O–H groups in total. The van der Waals surface area contributed by atoms with Gasteiger partial charge in [0, 0.05) is 10.7 Å². The Kier molecular flexibility index (Phi) is 5.49. The maximum absolute atomic E-state index is 13.2. The summed E-state index contributed by atoms with van der Waals surface area (Å²) in [6, 6.07) is 15.2. The van der Waals surface area contributed by atoms with E-state index in [0.717, 1.165) is 16.9 Å². The van der Waals surface area contributed by atoms with Gasteiger partial charge in [0.1, 0.15) is 11.6 Å². The summed E-state index contributed by atoms with van der Waals surface area (Å²) in [5.41, 5.74) is 3.24. The molecule has 4 nitrogen and oxygen atoms in total. The van der Waals surface area contributed by atoms with Crippen LogP contribution in [0.4, 0.5) is 21.6 Å². The van der Waals surface area contributed by atoms with E-state index in [9.17, 15) is 9.18 Å². The summed E-state index contributed by atoms with van der Waals surface area (Å²) < 4.78 is 13.2. The van der Waals surface area contributed by atoms with Crippen LogP contribution < -0.4 is 10.6 Å². The van der Waals surface area contributed by atoms with E-state index < -0.39 is 0 Å². The maximum Gasteiger partial charge on any atom is 0.229 e. The highest BCUT2D eigenvalue weighted by molar-refractivity contribution is 6.31. The third-order valence-corrected chi connectivity index (χ3v) is 4.15. The van der Waals surface area contributed by atoms with Crippen molar-refractivity contribution in [3.63, 3.8) is 0 Å². The summed E-state index contributed by atoms with van der Waals surface area (Å²) in [7, 11) is 0. The van der Waals surface area contributed by atoms with Gasteiger partial charge < -0.3 is 10.6 Å². The van der Waals surface area contributed by atoms with Crippen LogP contribution >= 0.6 is 11.6 Å². The summed E-state index contributed by atoms with van der Waals surface area (Å²) in [5.74, 6) is -0.187. The second-order valence-corrected chi connectivity index (χ2v) is 6.28. The minimum Gasteiger partial charge on any atom is -0.354 e. The number of aromatic nitrogens is 1. The Balaban J connectivity index is 1.60. The fraction of sp³-hybridized carbons (Fsp3) is 0.100. The lowest BCUT2D eigenvalue weighted by atomic mass is 10.1. The molecule has 26 heavy (non-hydrogen) atoms. The molecule has 0 aliphatic carbocycles. The molecule has 0 radical (unpaired) electrons. The lowest BCUT2D eigenvalue weighted by molar-refractivity contribution is -0.115. The Hall–Kier alpha value is -2.92. The van der Waals surface area contributed by atoms with Gasteiger partial charge in [-0.05, 0) is 54.4 Å². The van der Waals surface area contributed by atoms with Gasteiger partial charge in [0.2, 0.25) is 5.91 Å². The second kappa shape index (κ2) is 7.97. The van der Waals surface area contributed by atoms with Crippen molar-refractivity contribution in [2.75, 3.05) is 10.6 Å². The molecule has 1 aromatic heterocycles. The highest BCUT2D eigenvalue weighted by Gasteiger charge is 2.06. The number of rotatable bonds is 5. The molecule has 3 rings (SSSR count). The zero-order valence-electron chi connectivity index (χ0n) is 14.1.